The number of benzene rings is 2. The molecule has 33 heavy (non-hydrogen) atoms. The Balaban J connectivity index is 1.49. The van der Waals surface area contributed by atoms with Crippen molar-refractivity contribution < 1.29 is 14.3 Å². The molecule has 4 rings (SSSR count). The van der Waals surface area contributed by atoms with Crippen LogP contribution >= 0.6 is 11.8 Å². The molecule has 2 aromatic heterocycles. The van der Waals surface area contributed by atoms with Gasteiger partial charge in [0, 0.05) is 6.42 Å². The smallest absolute Gasteiger partial charge is 0.274 e. The molecule has 0 radical (unpaired) electrons. The Morgan fingerprint density at radius 3 is 2.64 bits per heavy atom. The fourth-order valence-electron chi connectivity index (χ4n) is 3.15. The standard InChI is InChI=1S/C22H22N6O4S/c1-13-4-9-18(32-3)16(10-13)23-19(29)12-33-22-26-25-21-24-20(30)17(27-28(21)22)11-14-5-7-15(31-2)8-6-14/h4-10H,11-12H2,1-3H3,(H,23,29)(H,24,25,30). The molecule has 2 aromatic carbocycles. The van der Waals surface area contributed by atoms with Crippen molar-refractivity contribution in [3.8, 4) is 11.5 Å². The van der Waals surface area contributed by atoms with Gasteiger partial charge < -0.3 is 14.8 Å². The van der Waals surface area contributed by atoms with Crippen LogP contribution in [0.5, 0.6) is 11.5 Å². The van der Waals surface area contributed by atoms with Crippen LogP contribution in [-0.4, -0.2) is 50.7 Å². The number of hydrogen-bond acceptors (Lipinski definition) is 8. The number of carbonyl (C=O) groups is 1. The number of nitrogens with zero attached hydrogens (tertiary/aromatic N) is 4. The Bertz CT molecular complexity index is 1350. The van der Waals surface area contributed by atoms with Crippen molar-refractivity contribution in [2.45, 2.75) is 18.5 Å². The van der Waals surface area contributed by atoms with Gasteiger partial charge in [0.1, 0.15) is 17.2 Å². The summed E-state index contributed by atoms with van der Waals surface area (Å²) in [4.78, 5) is 27.6. The molecule has 0 aliphatic rings. The minimum absolute atomic E-state index is 0.0759. The van der Waals surface area contributed by atoms with E-state index >= 15 is 0 Å². The summed E-state index contributed by atoms with van der Waals surface area (Å²) in [6.45, 7) is 1.93. The van der Waals surface area contributed by atoms with E-state index in [-0.39, 0.29) is 23.0 Å². The monoisotopic (exact) mass is 466 g/mol. The molecule has 170 valence electrons. The first-order valence-corrected chi connectivity index (χ1v) is 11.0. The van der Waals surface area contributed by atoms with Crippen LogP contribution in [0.25, 0.3) is 5.78 Å². The SMILES string of the molecule is COc1ccc(Cc2nn3c(SCC(=O)Nc4cc(C)ccc4OC)nnc3[nH]c2=O)cc1. The van der Waals surface area contributed by atoms with E-state index in [0.717, 1.165) is 28.6 Å². The zero-order valence-electron chi connectivity index (χ0n) is 18.3. The fraction of sp³-hybridized carbons (Fsp3) is 0.227. The molecule has 2 heterocycles. The Morgan fingerprint density at radius 2 is 1.91 bits per heavy atom. The van der Waals surface area contributed by atoms with Crippen molar-refractivity contribution in [2.75, 3.05) is 25.3 Å². The van der Waals surface area contributed by atoms with Crippen molar-refractivity contribution in [3.05, 3.63) is 69.6 Å². The molecule has 0 saturated heterocycles. The Hall–Kier alpha value is -3.86. The van der Waals surface area contributed by atoms with E-state index in [4.69, 9.17) is 9.47 Å². The highest BCUT2D eigenvalue weighted by atomic mass is 32.2. The molecular formula is C22H22N6O4S. The molecule has 1 amide bonds. The fourth-order valence-corrected chi connectivity index (χ4v) is 3.83. The van der Waals surface area contributed by atoms with Crippen LogP contribution in [0.2, 0.25) is 0 Å². The Morgan fingerprint density at radius 1 is 1.12 bits per heavy atom. The topological polar surface area (TPSA) is 124 Å². The van der Waals surface area contributed by atoms with E-state index in [1.54, 1.807) is 20.3 Å². The molecule has 0 bridgehead atoms. The second kappa shape index (κ2) is 9.74. The first-order chi connectivity index (χ1) is 16.0. The maximum absolute atomic E-state index is 12.5. The second-order valence-electron chi connectivity index (χ2n) is 7.18. The van der Waals surface area contributed by atoms with Gasteiger partial charge in [-0.1, -0.05) is 30.0 Å². The van der Waals surface area contributed by atoms with Gasteiger partial charge in [0.25, 0.3) is 11.3 Å². The van der Waals surface area contributed by atoms with Crippen molar-refractivity contribution in [3.63, 3.8) is 0 Å². The summed E-state index contributed by atoms with van der Waals surface area (Å²) in [5, 5.41) is 15.7. The zero-order chi connectivity index (χ0) is 23.4. The van der Waals surface area contributed by atoms with Crippen LogP contribution in [0.15, 0.2) is 52.4 Å². The predicted octanol–water partition coefficient (Wildman–Crippen LogP) is 2.46. The highest BCUT2D eigenvalue weighted by Crippen LogP contribution is 2.25. The van der Waals surface area contributed by atoms with Crippen LogP contribution in [0.3, 0.4) is 0 Å². The summed E-state index contributed by atoms with van der Waals surface area (Å²) >= 11 is 1.16. The molecular weight excluding hydrogens is 444 g/mol. The van der Waals surface area contributed by atoms with Crippen LogP contribution in [0.1, 0.15) is 16.8 Å². The lowest BCUT2D eigenvalue weighted by Gasteiger charge is -2.10. The molecule has 10 nitrogen and oxygen atoms in total. The molecule has 0 fully saturated rings. The van der Waals surface area contributed by atoms with Gasteiger partial charge in [0.05, 0.1) is 25.7 Å². The van der Waals surface area contributed by atoms with Gasteiger partial charge in [-0.05, 0) is 42.3 Å². The van der Waals surface area contributed by atoms with Gasteiger partial charge in [-0.2, -0.15) is 9.61 Å². The van der Waals surface area contributed by atoms with E-state index in [9.17, 15) is 9.59 Å². The first-order valence-electron chi connectivity index (χ1n) is 10.0. The molecule has 0 spiro atoms. The second-order valence-corrected chi connectivity index (χ2v) is 8.13. The average Bonchev–Trinajstić information content (AvgIpc) is 3.20. The molecule has 0 atom stereocenters. The lowest BCUT2D eigenvalue weighted by atomic mass is 10.1. The lowest BCUT2D eigenvalue weighted by Crippen LogP contribution is -2.19. The first kappa shape index (κ1) is 22.3. The third kappa shape index (κ3) is 5.14. The van der Waals surface area contributed by atoms with Crippen molar-refractivity contribution in [1.82, 2.24) is 24.8 Å². The van der Waals surface area contributed by atoms with E-state index < -0.39 is 0 Å². The highest BCUT2D eigenvalue weighted by molar-refractivity contribution is 7.99. The van der Waals surface area contributed by atoms with E-state index in [1.165, 1.54) is 4.52 Å². The summed E-state index contributed by atoms with van der Waals surface area (Å²) in [6.07, 6.45) is 0.325. The number of amides is 1. The molecule has 0 saturated carbocycles. The Kier molecular flexibility index (Phi) is 6.59. The number of aromatic nitrogens is 5. The van der Waals surface area contributed by atoms with E-state index in [2.05, 4.69) is 25.6 Å². The number of fused-ring (bicyclic) bond motifs is 1. The number of aromatic amines is 1. The Labute approximate surface area is 193 Å². The number of aryl methyl sites for hydroxylation is 1. The van der Waals surface area contributed by atoms with Crippen LogP contribution < -0.4 is 20.3 Å². The third-order valence-electron chi connectivity index (χ3n) is 4.81. The zero-order valence-corrected chi connectivity index (χ0v) is 19.1. The maximum Gasteiger partial charge on any atom is 0.274 e. The quantitative estimate of drug-likeness (QED) is 0.380. The number of anilines is 1. The number of carbonyl (C=O) groups excluding carboxylic acids is 1. The van der Waals surface area contributed by atoms with Gasteiger partial charge in [0.15, 0.2) is 0 Å². The van der Waals surface area contributed by atoms with Gasteiger partial charge in [-0.15, -0.1) is 10.2 Å². The van der Waals surface area contributed by atoms with Crippen LogP contribution in [0, 0.1) is 6.92 Å². The normalized spacial score (nSPS) is 10.9. The molecule has 0 unspecified atom stereocenters. The lowest BCUT2D eigenvalue weighted by molar-refractivity contribution is -0.113. The highest BCUT2D eigenvalue weighted by Gasteiger charge is 2.15. The van der Waals surface area contributed by atoms with Crippen molar-refractivity contribution in [1.29, 1.82) is 0 Å². The van der Waals surface area contributed by atoms with E-state index in [1.807, 2.05) is 43.3 Å². The van der Waals surface area contributed by atoms with Gasteiger partial charge in [0.2, 0.25) is 11.1 Å². The number of ether oxygens (including phenoxy) is 2. The maximum atomic E-state index is 12.5. The molecule has 0 aliphatic carbocycles. The van der Waals surface area contributed by atoms with Crippen molar-refractivity contribution in [2.24, 2.45) is 0 Å². The van der Waals surface area contributed by atoms with Crippen LogP contribution in [0.4, 0.5) is 5.69 Å². The summed E-state index contributed by atoms with van der Waals surface area (Å²) < 4.78 is 11.9. The van der Waals surface area contributed by atoms with Gasteiger partial charge in [-0.3, -0.25) is 14.6 Å². The molecule has 11 heteroatoms. The number of nitrogens with one attached hydrogen (secondary N) is 2. The summed E-state index contributed by atoms with van der Waals surface area (Å²) in [5.41, 5.74) is 2.47. The number of hydrogen-bond donors (Lipinski definition) is 2. The third-order valence-corrected chi connectivity index (χ3v) is 5.73. The number of thioether (sulfide) groups is 1. The number of methoxy groups -OCH3 is 2. The summed E-state index contributed by atoms with van der Waals surface area (Å²) in [6, 6.07) is 12.9. The average molecular weight is 467 g/mol. The minimum Gasteiger partial charge on any atom is -0.497 e. The molecule has 0 aliphatic heterocycles. The number of H-pyrrole nitrogens is 1. The van der Waals surface area contributed by atoms with Crippen LogP contribution in [-0.2, 0) is 11.2 Å². The summed E-state index contributed by atoms with van der Waals surface area (Å²) in [5.74, 6) is 1.36. The number of rotatable bonds is 8. The minimum atomic E-state index is -0.341. The van der Waals surface area contributed by atoms with Gasteiger partial charge >= 0.3 is 0 Å². The van der Waals surface area contributed by atoms with E-state index in [0.29, 0.717) is 28.7 Å². The molecule has 4 aromatic rings. The van der Waals surface area contributed by atoms with Gasteiger partial charge in [-0.25, -0.2) is 0 Å². The summed E-state index contributed by atoms with van der Waals surface area (Å²) in [7, 11) is 3.14. The van der Waals surface area contributed by atoms with Crippen molar-refractivity contribution >= 4 is 29.1 Å². The predicted molar refractivity (Wildman–Crippen MR) is 124 cm³/mol. The molecule has 2 N–H and O–H groups in total. The largest absolute Gasteiger partial charge is 0.497 e.